The van der Waals surface area contributed by atoms with Gasteiger partial charge in [-0.05, 0) is 48.5 Å². The van der Waals surface area contributed by atoms with Crippen LogP contribution in [0.3, 0.4) is 0 Å². The van der Waals surface area contributed by atoms with Gasteiger partial charge in [0, 0.05) is 11.4 Å². The van der Waals surface area contributed by atoms with Crippen molar-refractivity contribution >= 4 is 33.0 Å². The van der Waals surface area contributed by atoms with Gasteiger partial charge in [-0.1, -0.05) is 0 Å². The van der Waals surface area contributed by atoms with Crippen LogP contribution in [0, 0.1) is 5.82 Å². The number of nitrogens with one attached hydrogen (secondary N) is 2. The van der Waals surface area contributed by atoms with Crippen LogP contribution in [0.4, 0.5) is 15.8 Å². The molecule has 7 nitrogen and oxygen atoms in total. The Balaban J connectivity index is 1.89. The number of phenols is 1. The number of phenolic OH excluding ortho intramolecular Hbond substituents is 1. The maximum atomic E-state index is 12.8. The second-order valence-corrected chi connectivity index (χ2v) is 7.25. The number of hydrogen-bond donors (Lipinski definition) is 3. The largest absolute Gasteiger partial charge is 0.508 e. The molecule has 0 unspecified atom stereocenters. The first-order chi connectivity index (χ1) is 11.7. The fourth-order valence-electron chi connectivity index (χ4n) is 1.92. The van der Waals surface area contributed by atoms with Gasteiger partial charge in [-0.15, -0.1) is 0 Å². The molecule has 0 spiro atoms. The molecule has 0 saturated heterocycles. The molecule has 132 valence electrons. The predicted octanol–water partition coefficient (Wildman–Crippen LogP) is 1.52. The third-order valence-electron chi connectivity index (χ3n) is 2.98. The summed E-state index contributed by atoms with van der Waals surface area (Å²) >= 11 is 0. The van der Waals surface area contributed by atoms with Gasteiger partial charge in [0.25, 0.3) is 0 Å². The first-order valence-corrected chi connectivity index (χ1v) is 8.90. The van der Waals surface area contributed by atoms with Crippen LogP contribution >= 0.6 is 0 Å². The molecule has 2 rings (SSSR count). The Labute approximate surface area is 143 Å². The highest BCUT2D eigenvalue weighted by atomic mass is 32.2. The molecule has 2 aromatic carbocycles. The maximum Gasteiger partial charge on any atom is 0.239 e. The molecule has 0 saturated carbocycles. The number of sulfone groups is 1. The molecule has 0 bridgehead atoms. The normalized spacial score (nSPS) is 10.9. The van der Waals surface area contributed by atoms with Crippen LogP contribution in [0.25, 0.3) is 0 Å². The van der Waals surface area contributed by atoms with Crippen molar-refractivity contribution in [2.24, 2.45) is 0 Å². The molecule has 0 radical (unpaired) electrons. The van der Waals surface area contributed by atoms with Crippen LogP contribution in [0.1, 0.15) is 0 Å². The highest BCUT2D eigenvalue weighted by Gasteiger charge is 2.21. The van der Waals surface area contributed by atoms with E-state index < -0.39 is 39.0 Å². The summed E-state index contributed by atoms with van der Waals surface area (Å²) in [6.07, 6.45) is 0. The summed E-state index contributed by atoms with van der Waals surface area (Å²) in [6.45, 7) is 0. The molecule has 0 aliphatic carbocycles. The lowest BCUT2D eigenvalue weighted by atomic mass is 10.3. The molecule has 0 aliphatic heterocycles. The van der Waals surface area contributed by atoms with E-state index in [0.29, 0.717) is 5.69 Å². The van der Waals surface area contributed by atoms with Gasteiger partial charge in [0.2, 0.25) is 11.8 Å². The van der Waals surface area contributed by atoms with Crippen molar-refractivity contribution < 1.29 is 27.5 Å². The number of carbonyl (C=O) groups is 2. The molecule has 0 atom stereocenters. The van der Waals surface area contributed by atoms with Crippen molar-refractivity contribution in [3.8, 4) is 5.75 Å². The van der Waals surface area contributed by atoms with E-state index >= 15 is 0 Å². The van der Waals surface area contributed by atoms with Crippen LogP contribution in [-0.2, 0) is 19.4 Å². The number of amides is 2. The van der Waals surface area contributed by atoms with Crippen molar-refractivity contribution in [1.82, 2.24) is 0 Å². The number of anilines is 2. The van der Waals surface area contributed by atoms with E-state index in [9.17, 15) is 22.4 Å². The number of hydrogen-bond acceptors (Lipinski definition) is 5. The summed E-state index contributed by atoms with van der Waals surface area (Å²) in [5.74, 6) is -3.87. The van der Waals surface area contributed by atoms with E-state index in [-0.39, 0.29) is 11.4 Å². The topological polar surface area (TPSA) is 113 Å². The minimum atomic E-state index is -3.98. The van der Waals surface area contributed by atoms with Gasteiger partial charge in [-0.3, -0.25) is 9.59 Å². The van der Waals surface area contributed by atoms with Crippen molar-refractivity contribution in [2.75, 3.05) is 22.1 Å². The van der Waals surface area contributed by atoms with Gasteiger partial charge in [0.1, 0.15) is 23.1 Å². The maximum absolute atomic E-state index is 12.8. The summed E-state index contributed by atoms with van der Waals surface area (Å²) in [7, 11) is -3.98. The number of benzene rings is 2. The van der Waals surface area contributed by atoms with Gasteiger partial charge in [0.15, 0.2) is 9.84 Å². The minimum Gasteiger partial charge on any atom is -0.508 e. The van der Waals surface area contributed by atoms with Crippen molar-refractivity contribution in [2.45, 2.75) is 0 Å². The molecular weight excluding hydrogens is 351 g/mol. The Bertz CT molecular complexity index is 797. The fraction of sp³-hybridized carbons (Fsp3) is 0.125. The van der Waals surface area contributed by atoms with Crippen LogP contribution < -0.4 is 10.6 Å². The number of halogens is 1. The summed E-state index contributed by atoms with van der Waals surface area (Å²) in [4.78, 5) is 23.5. The summed E-state index contributed by atoms with van der Waals surface area (Å²) in [5, 5.41) is 13.8. The van der Waals surface area contributed by atoms with Crippen LogP contribution in [0.2, 0.25) is 0 Å². The lowest BCUT2D eigenvalue weighted by molar-refractivity contribution is -0.114. The second kappa shape index (κ2) is 7.75. The Kier molecular flexibility index (Phi) is 5.71. The van der Waals surface area contributed by atoms with Crippen LogP contribution in [0.15, 0.2) is 48.5 Å². The second-order valence-electron chi connectivity index (χ2n) is 5.18. The van der Waals surface area contributed by atoms with E-state index in [4.69, 9.17) is 5.11 Å². The fourth-order valence-corrected chi connectivity index (χ4v) is 2.97. The highest BCUT2D eigenvalue weighted by Crippen LogP contribution is 2.14. The van der Waals surface area contributed by atoms with E-state index in [1.165, 1.54) is 36.4 Å². The molecule has 2 amide bonds. The SMILES string of the molecule is O=C(CS(=O)(=O)CC(=O)Nc1ccc(F)cc1)Nc1ccc(O)cc1. The lowest BCUT2D eigenvalue weighted by Gasteiger charge is -2.07. The zero-order valence-corrected chi connectivity index (χ0v) is 13.7. The zero-order valence-electron chi connectivity index (χ0n) is 12.9. The Morgan fingerprint density at radius 3 is 1.68 bits per heavy atom. The summed E-state index contributed by atoms with van der Waals surface area (Å²) in [5.41, 5.74) is 0.559. The Morgan fingerprint density at radius 1 is 0.840 bits per heavy atom. The zero-order chi connectivity index (χ0) is 18.4. The molecular formula is C16H15FN2O5S. The van der Waals surface area contributed by atoms with E-state index in [0.717, 1.165) is 12.1 Å². The predicted molar refractivity (Wildman–Crippen MR) is 90.4 cm³/mol. The van der Waals surface area contributed by atoms with Gasteiger partial charge in [0.05, 0.1) is 0 Å². The quantitative estimate of drug-likeness (QED) is 0.671. The van der Waals surface area contributed by atoms with E-state index in [1.54, 1.807) is 0 Å². The Hall–Kier alpha value is -2.94. The lowest BCUT2D eigenvalue weighted by Crippen LogP contribution is -2.30. The van der Waals surface area contributed by atoms with E-state index in [1.807, 2.05) is 0 Å². The smallest absolute Gasteiger partial charge is 0.239 e. The average Bonchev–Trinajstić information content (AvgIpc) is 2.50. The molecule has 0 heterocycles. The number of rotatable bonds is 6. The first-order valence-electron chi connectivity index (χ1n) is 7.08. The summed E-state index contributed by atoms with van der Waals surface area (Å²) < 4.78 is 36.6. The van der Waals surface area contributed by atoms with Gasteiger partial charge < -0.3 is 15.7 Å². The van der Waals surface area contributed by atoms with Crippen molar-refractivity contribution in [1.29, 1.82) is 0 Å². The summed E-state index contributed by atoms with van der Waals surface area (Å²) in [6, 6.07) is 10.3. The van der Waals surface area contributed by atoms with Crippen molar-refractivity contribution in [3.63, 3.8) is 0 Å². The van der Waals surface area contributed by atoms with E-state index in [2.05, 4.69) is 10.6 Å². The van der Waals surface area contributed by atoms with Gasteiger partial charge >= 0.3 is 0 Å². The molecule has 0 aromatic heterocycles. The van der Waals surface area contributed by atoms with Crippen molar-refractivity contribution in [3.05, 3.63) is 54.3 Å². The van der Waals surface area contributed by atoms with Crippen LogP contribution in [-0.4, -0.2) is 36.8 Å². The molecule has 2 aromatic rings. The highest BCUT2D eigenvalue weighted by molar-refractivity contribution is 7.92. The average molecular weight is 366 g/mol. The third-order valence-corrected chi connectivity index (χ3v) is 4.39. The standard InChI is InChI=1S/C16H15FN2O5S/c17-11-1-3-12(4-2-11)18-15(21)9-25(23,24)10-16(22)19-13-5-7-14(20)8-6-13/h1-8,20H,9-10H2,(H,18,21)(H,19,22). The minimum absolute atomic E-state index is 0.00286. The first kappa shape index (κ1) is 18.4. The monoisotopic (exact) mass is 366 g/mol. The van der Waals surface area contributed by atoms with Gasteiger partial charge in [-0.25, -0.2) is 12.8 Å². The molecule has 3 N–H and O–H groups in total. The van der Waals surface area contributed by atoms with Gasteiger partial charge in [-0.2, -0.15) is 0 Å². The number of carbonyl (C=O) groups excluding carboxylic acids is 2. The molecule has 25 heavy (non-hydrogen) atoms. The van der Waals surface area contributed by atoms with Crippen LogP contribution in [0.5, 0.6) is 5.75 Å². The molecule has 0 fully saturated rings. The third kappa shape index (κ3) is 6.22. The molecule has 9 heteroatoms. The Morgan fingerprint density at radius 2 is 1.24 bits per heavy atom. The number of aromatic hydroxyl groups is 1. The molecule has 0 aliphatic rings.